The second kappa shape index (κ2) is 5.96. The third-order valence-corrected chi connectivity index (χ3v) is 5.28. The van der Waals surface area contributed by atoms with Crippen LogP contribution in [-0.4, -0.2) is 66.1 Å². The first-order valence-electron chi connectivity index (χ1n) is 8.10. The molecule has 2 bridgehead atoms. The lowest BCUT2D eigenvalue weighted by Gasteiger charge is -2.36. The standard InChI is InChI=1S/C15H22F3N3O2/c1-20(12-5-10-2-3-11(6-12)19-10)14(23)9-4-13(22)21(7-9)8-15(16,17)18/h9-12,19H,2-8H2,1H3. The van der Waals surface area contributed by atoms with Gasteiger partial charge in [0.05, 0.1) is 5.92 Å². The number of piperidine rings is 1. The van der Waals surface area contributed by atoms with Gasteiger partial charge < -0.3 is 15.1 Å². The first-order chi connectivity index (χ1) is 10.7. The van der Waals surface area contributed by atoms with Crippen molar-refractivity contribution >= 4 is 11.8 Å². The summed E-state index contributed by atoms with van der Waals surface area (Å²) in [6, 6.07) is 0.981. The Hall–Kier alpha value is -1.31. The van der Waals surface area contributed by atoms with Gasteiger partial charge in [-0.1, -0.05) is 0 Å². The predicted octanol–water partition coefficient (Wildman–Crippen LogP) is 1.14. The van der Waals surface area contributed by atoms with Gasteiger partial charge in [0.2, 0.25) is 11.8 Å². The van der Waals surface area contributed by atoms with Gasteiger partial charge in [-0.05, 0) is 25.7 Å². The van der Waals surface area contributed by atoms with Crippen molar-refractivity contribution in [1.82, 2.24) is 15.1 Å². The van der Waals surface area contributed by atoms with Crippen molar-refractivity contribution in [2.24, 2.45) is 5.92 Å². The summed E-state index contributed by atoms with van der Waals surface area (Å²) < 4.78 is 37.4. The normalized spacial score (nSPS) is 34.1. The van der Waals surface area contributed by atoms with Crippen LogP contribution in [0.5, 0.6) is 0 Å². The summed E-state index contributed by atoms with van der Waals surface area (Å²) in [5.41, 5.74) is 0. The smallest absolute Gasteiger partial charge is 0.342 e. The van der Waals surface area contributed by atoms with Crippen molar-refractivity contribution < 1.29 is 22.8 Å². The number of hydrogen-bond acceptors (Lipinski definition) is 3. The topological polar surface area (TPSA) is 52.7 Å². The molecule has 3 unspecified atom stereocenters. The van der Waals surface area contributed by atoms with Gasteiger partial charge in [-0.15, -0.1) is 0 Å². The van der Waals surface area contributed by atoms with Gasteiger partial charge in [-0.2, -0.15) is 13.2 Å². The predicted molar refractivity (Wildman–Crippen MR) is 76.5 cm³/mol. The molecule has 1 N–H and O–H groups in total. The summed E-state index contributed by atoms with van der Waals surface area (Å²) in [5, 5.41) is 3.50. The van der Waals surface area contributed by atoms with Gasteiger partial charge in [0, 0.05) is 38.1 Å². The largest absolute Gasteiger partial charge is 0.406 e. The summed E-state index contributed by atoms with van der Waals surface area (Å²) in [4.78, 5) is 26.7. The molecule has 5 nitrogen and oxygen atoms in total. The van der Waals surface area contributed by atoms with Crippen LogP contribution < -0.4 is 5.32 Å². The number of carbonyl (C=O) groups excluding carboxylic acids is 2. The molecule has 3 aliphatic heterocycles. The summed E-state index contributed by atoms with van der Waals surface area (Å²) in [6.07, 6.45) is -0.545. The third-order valence-electron chi connectivity index (χ3n) is 5.28. The zero-order chi connectivity index (χ0) is 16.8. The molecular formula is C15H22F3N3O2. The second-order valence-corrected chi connectivity index (χ2v) is 7.00. The average molecular weight is 333 g/mol. The molecule has 0 aliphatic carbocycles. The van der Waals surface area contributed by atoms with Gasteiger partial charge in [-0.25, -0.2) is 0 Å². The van der Waals surface area contributed by atoms with Crippen LogP contribution in [0, 0.1) is 5.92 Å². The van der Waals surface area contributed by atoms with Gasteiger partial charge in [0.15, 0.2) is 0 Å². The fourth-order valence-corrected chi connectivity index (χ4v) is 4.12. The number of hydrogen-bond donors (Lipinski definition) is 1. The molecule has 3 atom stereocenters. The molecule has 3 fully saturated rings. The number of likely N-dealkylation sites (tertiary alicyclic amines) is 1. The van der Waals surface area contributed by atoms with Crippen LogP contribution in [0.25, 0.3) is 0 Å². The van der Waals surface area contributed by atoms with Gasteiger partial charge in [-0.3, -0.25) is 9.59 Å². The lowest BCUT2D eigenvalue weighted by molar-refractivity contribution is -0.157. The Morgan fingerprint density at radius 1 is 1.30 bits per heavy atom. The Morgan fingerprint density at radius 3 is 2.48 bits per heavy atom. The maximum atomic E-state index is 12.6. The van der Waals surface area contributed by atoms with Gasteiger partial charge >= 0.3 is 6.18 Å². The summed E-state index contributed by atoms with van der Waals surface area (Å²) in [7, 11) is 1.72. The van der Waals surface area contributed by atoms with Crippen LogP contribution in [0.15, 0.2) is 0 Å². The highest BCUT2D eigenvalue weighted by molar-refractivity contribution is 5.89. The van der Waals surface area contributed by atoms with Crippen LogP contribution in [0.1, 0.15) is 32.1 Å². The zero-order valence-electron chi connectivity index (χ0n) is 13.1. The van der Waals surface area contributed by atoms with E-state index < -0.39 is 24.5 Å². The second-order valence-electron chi connectivity index (χ2n) is 7.00. The molecule has 0 aromatic heterocycles. The minimum Gasteiger partial charge on any atom is -0.342 e. The van der Waals surface area contributed by atoms with E-state index in [1.54, 1.807) is 11.9 Å². The van der Waals surface area contributed by atoms with E-state index in [9.17, 15) is 22.8 Å². The van der Waals surface area contributed by atoms with Crippen molar-refractivity contribution in [1.29, 1.82) is 0 Å². The van der Waals surface area contributed by atoms with E-state index in [1.165, 1.54) is 0 Å². The minimum absolute atomic E-state index is 0.114. The Bertz CT molecular complexity index is 485. The van der Waals surface area contributed by atoms with E-state index in [0.29, 0.717) is 12.1 Å². The number of nitrogens with zero attached hydrogens (tertiary/aromatic N) is 2. The highest BCUT2D eigenvalue weighted by Crippen LogP contribution is 2.31. The zero-order valence-corrected chi connectivity index (χ0v) is 13.1. The van der Waals surface area contributed by atoms with Crippen molar-refractivity contribution in [3.8, 4) is 0 Å². The number of nitrogens with one attached hydrogen (secondary N) is 1. The Balaban J connectivity index is 1.59. The maximum absolute atomic E-state index is 12.6. The molecule has 3 heterocycles. The SMILES string of the molecule is CN(C(=O)C1CC(=O)N(CC(F)(F)F)C1)C1CC2CCC(C1)N2. The summed E-state index contributed by atoms with van der Waals surface area (Å²) in [5.74, 6) is -1.43. The van der Waals surface area contributed by atoms with E-state index in [2.05, 4.69) is 5.32 Å². The minimum atomic E-state index is -4.42. The molecule has 0 saturated carbocycles. The molecule has 2 amide bonds. The Labute approximate surface area is 133 Å². The van der Waals surface area contributed by atoms with Crippen molar-refractivity contribution in [3.63, 3.8) is 0 Å². The molecule has 23 heavy (non-hydrogen) atoms. The van der Waals surface area contributed by atoms with Crippen LogP contribution in [0.3, 0.4) is 0 Å². The molecule has 0 spiro atoms. The number of amides is 2. The summed E-state index contributed by atoms with van der Waals surface area (Å²) >= 11 is 0. The van der Waals surface area contributed by atoms with Crippen LogP contribution in [0.2, 0.25) is 0 Å². The fourth-order valence-electron chi connectivity index (χ4n) is 4.12. The highest BCUT2D eigenvalue weighted by Gasteiger charge is 2.43. The number of fused-ring (bicyclic) bond motifs is 2. The van der Waals surface area contributed by atoms with E-state index in [0.717, 1.165) is 30.6 Å². The van der Waals surface area contributed by atoms with Crippen LogP contribution in [-0.2, 0) is 9.59 Å². The third kappa shape index (κ3) is 3.62. The van der Waals surface area contributed by atoms with E-state index in [-0.39, 0.29) is 24.9 Å². The van der Waals surface area contributed by atoms with E-state index in [1.807, 2.05) is 0 Å². The van der Waals surface area contributed by atoms with Crippen molar-refractivity contribution in [2.75, 3.05) is 20.1 Å². The van der Waals surface area contributed by atoms with Crippen molar-refractivity contribution in [2.45, 2.75) is 56.4 Å². The molecule has 0 aromatic carbocycles. The Morgan fingerprint density at radius 2 is 1.91 bits per heavy atom. The number of carbonyl (C=O) groups is 2. The molecular weight excluding hydrogens is 311 g/mol. The molecule has 0 radical (unpaired) electrons. The lowest BCUT2D eigenvalue weighted by atomic mass is 9.97. The first-order valence-corrected chi connectivity index (χ1v) is 8.10. The van der Waals surface area contributed by atoms with Gasteiger partial charge in [0.25, 0.3) is 0 Å². The maximum Gasteiger partial charge on any atom is 0.406 e. The molecule has 0 aromatic rings. The van der Waals surface area contributed by atoms with E-state index in [4.69, 9.17) is 0 Å². The average Bonchev–Trinajstić information content (AvgIpc) is 2.98. The molecule has 8 heteroatoms. The Kier molecular flexibility index (Phi) is 4.29. The molecule has 3 aliphatic rings. The van der Waals surface area contributed by atoms with E-state index >= 15 is 0 Å². The first kappa shape index (κ1) is 16.5. The number of rotatable bonds is 3. The quantitative estimate of drug-likeness (QED) is 0.843. The lowest BCUT2D eigenvalue weighted by Crippen LogP contribution is -2.50. The highest BCUT2D eigenvalue weighted by atomic mass is 19.4. The van der Waals surface area contributed by atoms with Gasteiger partial charge in [0.1, 0.15) is 6.54 Å². The van der Waals surface area contributed by atoms with Crippen molar-refractivity contribution in [3.05, 3.63) is 0 Å². The fraction of sp³-hybridized carbons (Fsp3) is 0.867. The number of alkyl halides is 3. The molecule has 130 valence electrons. The summed E-state index contributed by atoms with van der Waals surface area (Å²) in [6.45, 7) is -1.39. The monoisotopic (exact) mass is 333 g/mol. The molecule has 3 rings (SSSR count). The van der Waals surface area contributed by atoms with Crippen LogP contribution in [0.4, 0.5) is 13.2 Å². The molecule has 3 saturated heterocycles. The van der Waals surface area contributed by atoms with Crippen LogP contribution >= 0.6 is 0 Å². The number of halogens is 3.